The van der Waals surface area contributed by atoms with E-state index in [-0.39, 0.29) is 5.69 Å². The van der Waals surface area contributed by atoms with E-state index in [2.05, 4.69) is 20.8 Å². The third kappa shape index (κ3) is 2.66. The fourth-order valence-electron chi connectivity index (χ4n) is 1.53. The Morgan fingerprint density at radius 3 is 2.72 bits per heavy atom. The van der Waals surface area contributed by atoms with Crippen LogP contribution in [0.5, 0.6) is 0 Å². The van der Waals surface area contributed by atoms with Gasteiger partial charge in [-0.05, 0) is 23.0 Å². The molecule has 0 amide bonds. The fraction of sp³-hybridized carbons (Fsp3) is 0.300. The number of rotatable bonds is 5. The van der Waals surface area contributed by atoms with Gasteiger partial charge in [-0.15, -0.1) is 5.10 Å². The molecule has 18 heavy (non-hydrogen) atoms. The SMILES string of the molecule is CNCc1nnnn1Cc1ccc([N+](=O)[O-])cc1. The molecule has 0 aliphatic heterocycles. The van der Waals surface area contributed by atoms with Crippen molar-refractivity contribution < 1.29 is 4.92 Å². The van der Waals surface area contributed by atoms with E-state index in [4.69, 9.17) is 0 Å². The summed E-state index contributed by atoms with van der Waals surface area (Å²) in [5.41, 5.74) is 0.983. The lowest BCUT2D eigenvalue weighted by atomic mass is 10.2. The third-order valence-corrected chi connectivity index (χ3v) is 2.42. The van der Waals surface area contributed by atoms with Gasteiger partial charge in [0.1, 0.15) is 0 Å². The Morgan fingerprint density at radius 1 is 1.39 bits per heavy atom. The zero-order chi connectivity index (χ0) is 13.0. The Hall–Kier alpha value is -2.35. The molecule has 0 unspecified atom stereocenters. The Labute approximate surface area is 103 Å². The van der Waals surface area contributed by atoms with Gasteiger partial charge in [-0.1, -0.05) is 12.1 Å². The predicted molar refractivity (Wildman–Crippen MR) is 62.8 cm³/mol. The first-order valence-corrected chi connectivity index (χ1v) is 5.33. The van der Waals surface area contributed by atoms with Crippen molar-refractivity contribution in [3.05, 3.63) is 45.8 Å². The fourth-order valence-corrected chi connectivity index (χ4v) is 1.53. The zero-order valence-electron chi connectivity index (χ0n) is 9.78. The molecular weight excluding hydrogens is 236 g/mol. The van der Waals surface area contributed by atoms with Crippen molar-refractivity contribution in [2.24, 2.45) is 0 Å². The van der Waals surface area contributed by atoms with Crippen LogP contribution in [0.3, 0.4) is 0 Å². The van der Waals surface area contributed by atoms with Crippen molar-refractivity contribution in [1.29, 1.82) is 0 Å². The van der Waals surface area contributed by atoms with E-state index in [0.29, 0.717) is 13.1 Å². The molecule has 8 heteroatoms. The third-order valence-electron chi connectivity index (χ3n) is 2.42. The molecule has 0 saturated carbocycles. The normalized spacial score (nSPS) is 10.5. The lowest BCUT2D eigenvalue weighted by Crippen LogP contribution is -2.14. The molecule has 0 saturated heterocycles. The molecule has 0 fully saturated rings. The van der Waals surface area contributed by atoms with E-state index in [1.807, 2.05) is 7.05 Å². The highest BCUT2D eigenvalue weighted by atomic mass is 16.6. The summed E-state index contributed by atoms with van der Waals surface area (Å²) in [5.74, 6) is 0.718. The summed E-state index contributed by atoms with van der Waals surface area (Å²) in [5, 5.41) is 24.8. The number of nitrogens with one attached hydrogen (secondary N) is 1. The Morgan fingerprint density at radius 2 is 2.11 bits per heavy atom. The monoisotopic (exact) mass is 248 g/mol. The van der Waals surface area contributed by atoms with Crippen molar-refractivity contribution in [2.45, 2.75) is 13.1 Å². The topological polar surface area (TPSA) is 98.8 Å². The molecule has 1 aromatic carbocycles. The van der Waals surface area contributed by atoms with Gasteiger partial charge in [0, 0.05) is 12.1 Å². The number of nitro benzene ring substituents is 1. The first-order chi connectivity index (χ1) is 8.70. The van der Waals surface area contributed by atoms with Crippen molar-refractivity contribution in [3.8, 4) is 0 Å². The van der Waals surface area contributed by atoms with E-state index < -0.39 is 4.92 Å². The number of hydrogen-bond acceptors (Lipinski definition) is 6. The quantitative estimate of drug-likeness (QED) is 0.605. The van der Waals surface area contributed by atoms with Crippen LogP contribution >= 0.6 is 0 Å². The molecule has 2 rings (SSSR count). The maximum atomic E-state index is 10.5. The van der Waals surface area contributed by atoms with Gasteiger partial charge in [0.05, 0.1) is 18.0 Å². The second kappa shape index (κ2) is 5.32. The van der Waals surface area contributed by atoms with Crippen LogP contribution in [0.4, 0.5) is 5.69 Å². The van der Waals surface area contributed by atoms with Crippen LogP contribution in [0, 0.1) is 10.1 Å². The van der Waals surface area contributed by atoms with E-state index in [9.17, 15) is 10.1 Å². The van der Waals surface area contributed by atoms with Crippen LogP contribution in [-0.4, -0.2) is 32.2 Å². The van der Waals surface area contributed by atoms with Crippen LogP contribution in [0.2, 0.25) is 0 Å². The van der Waals surface area contributed by atoms with Crippen LogP contribution in [0.1, 0.15) is 11.4 Å². The molecule has 0 aliphatic carbocycles. The van der Waals surface area contributed by atoms with Gasteiger partial charge in [-0.25, -0.2) is 4.68 Å². The molecule has 0 aliphatic rings. The van der Waals surface area contributed by atoms with Crippen LogP contribution < -0.4 is 5.32 Å². The molecule has 0 radical (unpaired) electrons. The average Bonchev–Trinajstić information content (AvgIpc) is 2.78. The molecule has 0 bridgehead atoms. The molecular formula is C10H12N6O2. The molecule has 8 nitrogen and oxygen atoms in total. The number of nitro groups is 1. The van der Waals surface area contributed by atoms with Crippen molar-refractivity contribution in [3.63, 3.8) is 0 Å². The lowest BCUT2D eigenvalue weighted by Gasteiger charge is -2.04. The zero-order valence-corrected chi connectivity index (χ0v) is 9.78. The highest BCUT2D eigenvalue weighted by molar-refractivity contribution is 5.32. The van der Waals surface area contributed by atoms with E-state index in [1.165, 1.54) is 12.1 Å². The number of nitrogens with zero attached hydrogens (tertiary/aromatic N) is 5. The summed E-state index contributed by atoms with van der Waals surface area (Å²) in [6.07, 6.45) is 0. The molecule has 1 heterocycles. The van der Waals surface area contributed by atoms with Gasteiger partial charge < -0.3 is 5.32 Å². The number of non-ortho nitro benzene ring substituents is 1. The first kappa shape index (κ1) is 12.1. The standard InChI is InChI=1S/C10H12N6O2/c1-11-6-10-12-13-14-15(10)7-8-2-4-9(5-3-8)16(17)18/h2-5,11H,6-7H2,1H3. The summed E-state index contributed by atoms with van der Waals surface area (Å²) in [7, 11) is 1.81. The summed E-state index contributed by atoms with van der Waals surface area (Å²) in [6.45, 7) is 1.06. The van der Waals surface area contributed by atoms with Gasteiger partial charge in [0.2, 0.25) is 0 Å². The molecule has 1 N–H and O–H groups in total. The van der Waals surface area contributed by atoms with Crippen LogP contribution in [-0.2, 0) is 13.1 Å². The maximum absolute atomic E-state index is 10.5. The average molecular weight is 248 g/mol. The Balaban J connectivity index is 2.13. The summed E-state index contributed by atoms with van der Waals surface area (Å²) < 4.78 is 1.65. The highest BCUT2D eigenvalue weighted by Gasteiger charge is 2.07. The van der Waals surface area contributed by atoms with E-state index >= 15 is 0 Å². The van der Waals surface area contributed by atoms with Gasteiger partial charge in [0.15, 0.2) is 5.82 Å². The lowest BCUT2D eigenvalue weighted by molar-refractivity contribution is -0.384. The van der Waals surface area contributed by atoms with Crippen LogP contribution in [0.25, 0.3) is 0 Å². The summed E-state index contributed by atoms with van der Waals surface area (Å²) in [4.78, 5) is 10.1. The molecule has 1 aromatic heterocycles. The molecule has 0 atom stereocenters. The summed E-state index contributed by atoms with van der Waals surface area (Å²) in [6, 6.07) is 6.33. The van der Waals surface area contributed by atoms with Crippen LogP contribution in [0.15, 0.2) is 24.3 Å². The van der Waals surface area contributed by atoms with Crippen molar-refractivity contribution in [1.82, 2.24) is 25.5 Å². The number of aromatic nitrogens is 4. The highest BCUT2D eigenvalue weighted by Crippen LogP contribution is 2.12. The van der Waals surface area contributed by atoms with E-state index in [0.717, 1.165) is 11.4 Å². The van der Waals surface area contributed by atoms with Gasteiger partial charge in [0.25, 0.3) is 5.69 Å². The minimum absolute atomic E-state index is 0.0749. The Bertz CT molecular complexity index is 536. The van der Waals surface area contributed by atoms with Crippen molar-refractivity contribution >= 4 is 5.69 Å². The second-order valence-corrected chi connectivity index (χ2v) is 3.71. The largest absolute Gasteiger partial charge is 0.313 e. The number of tetrazole rings is 1. The summed E-state index contributed by atoms with van der Waals surface area (Å²) >= 11 is 0. The first-order valence-electron chi connectivity index (χ1n) is 5.33. The molecule has 2 aromatic rings. The maximum Gasteiger partial charge on any atom is 0.269 e. The minimum atomic E-state index is -0.423. The second-order valence-electron chi connectivity index (χ2n) is 3.71. The van der Waals surface area contributed by atoms with E-state index in [1.54, 1.807) is 16.8 Å². The van der Waals surface area contributed by atoms with Gasteiger partial charge >= 0.3 is 0 Å². The Kier molecular flexibility index (Phi) is 3.58. The predicted octanol–water partition coefficient (Wildman–Crippen LogP) is 0.349. The number of benzene rings is 1. The van der Waals surface area contributed by atoms with Gasteiger partial charge in [-0.3, -0.25) is 10.1 Å². The number of hydrogen-bond donors (Lipinski definition) is 1. The van der Waals surface area contributed by atoms with Crippen molar-refractivity contribution in [2.75, 3.05) is 7.05 Å². The minimum Gasteiger partial charge on any atom is -0.313 e. The smallest absolute Gasteiger partial charge is 0.269 e. The van der Waals surface area contributed by atoms with Gasteiger partial charge in [-0.2, -0.15) is 0 Å². The molecule has 0 spiro atoms. The molecule has 94 valence electrons.